The first kappa shape index (κ1) is 39.7. The van der Waals surface area contributed by atoms with Crippen LogP contribution in [0.5, 0.6) is 0 Å². The maximum Gasteiger partial charge on any atom is 0.0462 e. The highest BCUT2D eigenvalue weighted by molar-refractivity contribution is 7.22. The van der Waals surface area contributed by atoms with Crippen LogP contribution in [0, 0.1) is 0 Å². The van der Waals surface area contributed by atoms with Gasteiger partial charge in [-0.25, -0.2) is 0 Å². The third-order valence-electron chi connectivity index (χ3n) is 10.2. The van der Waals surface area contributed by atoms with E-state index in [1.54, 1.807) is 24.0 Å². The molecule has 6 heteroatoms. The second-order valence-electron chi connectivity index (χ2n) is 14.2. The summed E-state index contributed by atoms with van der Waals surface area (Å²) in [5.74, 6) is 0. The van der Waals surface area contributed by atoms with E-state index in [1.165, 1.54) is 182 Å². The van der Waals surface area contributed by atoms with Crippen molar-refractivity contribution >= 4 is 65.5 Å². The number of fused-ring (bicyclic) bond motifs is 2. The third-order valence-corrected chi connectivity index (χ3v) is 14.4. The van der Waals surface area contributed by atoms with Crippen LogP contribution >= 0.6 is 45.3 Å². The zero-order valence-electron chi connectivity index (χ0n) is 31.0. The van der Waals surface area contributed by atoms with Crippen LogP contribution in [0.3, 0.4) is 0 Å². The van der Waals surface area contributed by atoms with Crippen LogP contribution in [0.1, 0.15) is 138 Å². The van der Waals surface area contributed by atoms with Gasteiger partial charge in [0.15, 0.2) is 0 Å². The molecule has 1 aromatic carbocycles. The number of aryl methyl sites for hydroxylation is 2. The Bertz CT molecular complexity index is 1450. The molecule has 0 aliphatic rings. The molecule has 0 amide bonds. The van der Waals surface area contributed by atoms with E-state index in [0.717, 1.165) is 13.2 Å². The molecule has 0 N–H and O–H groups in total. The topological polar surface area (TPSA) is 18.5 Å². The number of benzene rings is 1. The molecule has 0 aliphatic carbocycles. The van der Waals surface area contributed by atoms with E-state index >= 15 is 0 Å². The second kappa shape index (κ2) is 23.2. The van der Waals surface area contributed by atoms with Crippen molar-refractivity contribution in [3.05, 3.63) is 56.9 Å². The highest BCUT2D eigenvalue weighted by Gasteiger charge is 2.20. The van der Waals surface area contributed by atoms with Crippen molar-refractivity contribution in [2.24, 2.45) is 0 Å². The number of unbranched alkanes of at least 4 members (excludes halogenated alkanes) is 18. The molecule has 274 valence electrons. The largest absolute Gasteiger partial charge is 0.385 e. The van der Waals surface area contributed by atoms with Gasteiger partial charge in [0.25, 0.3) is 0 Å². The van der Waals surface area contributed by atoms with Crippen LogP contribution < -0.4 is 0 Å². The quantitative estimate of drug-likeness (QED) is 0.0474. The van der Waals surface area contributed by atoms with E-state index in [4.69, 9.17) is 9.47 Å². The predicted molar refractivity (Wildman–Crippen MR) is 227 cm³/mol. The zero-order valence-corrected chi connectivity index (χ0v) is 34.3. The standard InChI is InChI=1S/C44H62O2S4/c1-45-31-21-17-13-9-5-3-7-11-15-19-23-35-25-27-39(49-35)41-37-29-33-48-44(37)42(38-30-34-47-43(38)41)40-28-26-36(50-40)24-20-16-12-8-4-6-10-14-18-22-32-46-2/h25-30,33-34H,3-24,31-32H2,1-2H3. The summed E-state index contributed by atoms with van der Waals surface area (Å²) >= 11 is 7.92. The van der Waals surface area contributed by atoms with Crippen molar-refractivity contribution < 1.29 is 9.47 Å². The maximum atomic E-state index is 5.16. The van der Waals surface area contributed by atoms with Crippen LogP contribution in [-0.2, 0) is 22.3 Å². The van der Waals surface area contributed by atoms with E-state index in [0.29, 0.717) is 0 Å². The lowest BCUT2D eigenvalue weighted by Gasteiger charge is -2.10. The molecule has 0 spiro atoms. The highest BCUT2D eigenvalue weighted by atomic mass is 32.1. The van der Waals surface area contributed by atoms with Gasteiger partial charge in [0.2, 0.25) is 0 Å². The summed E-state index contributed by atoms with van der Waals surface area (Å²) in [6, 6.07) is 14.4. The van der Waals surface area contributed by atoms with Gasteiger partial charge >= 0.3 is 0 Å². The van der Waals surface area contributed by atoms with Gasteiger partial charge in [-0.05, 0) is 85.7 Å². The minimum atomic E-state index is 0.920. The Hall–Kier alpha value is -1.54. The Morgan fingerprint density at radius 3 is 1.10 bits per heavy atom. The average molecular weight is 751 g/mol. The van der Waals surface area contributed by atoms with Crippen LogP contribution in [0.25, 0.3) is 41.1 Å². The molecule has 5 aromatic rings. The minimum absolute atomic E-state index is 0.920. The lowest BCUT2D eigenvalue weighted by molar-refractivity contribution is 0.192. The number of hydrogen-bond donors (Lipinski definition) is 0. The molecule has 0 atom stereocenters. The summed E-state index contributed by atoms with van der Waals surface area (Å²) in [6.45, 7) is 1.84. The summed E-state index contributed by atoms with van der Waals surface area (Å²) in [5.41, 5.74) is 2.94. The monoisotopic (exact) mass is 750 g/mol. The van der Waals surface area contributed by atoms with Gasteiger partial charge in [-0.15, -0.1) is 45.3 Å². The van der Waals surface area contributed by atoms with Crippen molar-refractivity contribution in [1.82, 2.24) is 0 Å². The van der Waals surface area contributed by atoms with Crippen molar-refractivity contribution in [3.8, 4) is 20.9 Å². The fraction of sp³-hybridized carbons (Fsp3) is 0.591. The van der Waals surface area contributed by atoms with Gasteiger partial charge in [0, 0.05) is 78.2 Å². The van der Waals surface area contributed by atoms with Crippen molar-refractivity contribution in [3.63, 3.8) is 0 Å². The van der Waals surface area contributed by atoms with Crippen molar-refractivity contribution in [2.45, 2.75) is 141 Å². The molecule has 2 nitrogen and oxygen atoms in total. The van der Waals surface area contributed by atoms with E-state index < -0.39 is 0 Å². The maximum absolute atomic E-state index is 5.16. The molecule has 4 heterocycles. The SMILES string of the molecule is COCCCCCCCCCCCCc1ccc(-c2c3ccsc3c(-c3ccc(CCCCCCCCCCCCOC)s3)c3ccsc23)s1. The molecular formula is C44H62O2S4. The molecule has 4 aromatic heterocycles. The van der Waals surface area contributed by atoms with Gasteiger partial charge in [0.05, 0.1) is 0 Å². The Labute approximate surface area is 319 Å². The Morgan fingerprint density at radius 2 is 0.740 bits per heavy atom. The summed E-state index contributed by atoms with van der Waals surface area (Å²) in [7, 11) is 3.61. The normalized spacial score (nSPS) is 11.9. The number of thiophene rings is 4. The Kier molecular flexibility index (Phi) is 18.4. The minimum Gasteiger partial charge on any atom is -0.385 e. The van der Waals surface area contributed by atoms with Crippen LogP contribution in [0.15, 0.2) is 47.2 Å². The molecule has 50 heavy (non-hydrogen) atoms. The molecular weight excluding hydrogens is 689 g/mol. The average Bonchev–Trinajstić information content (AvgIpc) is 3.96. The van der Waals surface area contributed by atoms with Crippen LogP contribution in [-0.4, -0.2) is 27.4 Å². The molecule has 0 aliphatic heterocycles. The summed E-state index contributed by atoms with van der Waals surface area (Å²) < 4.78 is 13.2. The highest BCUT2D eigenvalue weighted by Crippen LogP contribution is 2.50. The molecule has 0 saturated heterocycles. The number of methoxy groups -OCH3 is 2. The van der Waals surface area contributed by atoms with E-state index in [2.05, 4.69) is 47.2 Å². The van der Waals surface area contributed by atoms with Crippen LogP contribution in [0.2, 0.25) is 0 Å². The van der Waals surface area contributed by atoms with Gasteiger partial charge in [-0.1, -0.05) is 103 Å². The first-order valence-corrected chi connectivity index (χ1v) is 23.3. The van der Waals surface area contributed by atoms with Crippen molar-refractivity contribution in [1.29, 1.82) is 0 Å². The van der Waals surface area contributed by atoms with Crippen molar-refractivity contribution in [2.75, 3.05) is 27.4 Å². The van der Waals surface area contributed by atoms with Gasteiger partial charge in [-0.2, -0.15) is 0 Å². The summed E-state index contributed by atoms with van der Waals surface area (Å²) in [5, 5.41) is 7.51. The molecule has 0 radical (unpaired) electrons. The first-order chi connectivity index (χ1) is 24.8. The van der Waals surface area contributed by atoms with Gasteiger partial charge in [0.1, 0.15) is 0 Å². The zero-order chi connectivity index (χ0) is 34.6. The third kappa shape index (κ3) is 12.3. The number of rotatable bonds is 28. The summed E-state index contributed by atoms with van der Waals surface area (Å²) in [6.07, 6.45) is 29.6. The predicted octanol–water partition coefficient (Wildman–Crippen LogP) is 15.8. The molecule has 0 unspecified atom stereocenters. The molecule has 0 fully saturated rings. The number of ether oxygens (including phenoxy) is 2. The second-order valence-corrected chi connectivity index (χ2v) is 18.3. The molecule has 0 bridgehead atoms. The lowest BCUT2D eigenvalue weighted by atomic mass is 10.0. The van der Waals surface area contributed by atoms with E-state index in [9.17, 15) is 0 Å². The lowest BCUT2D eigenvalue weighted by Crippen LogP contribution is -1.88. The smallest absolute Gasteiger partial charge is 0.0462 e. The van der Waals surface area contributed by atoms with Gasteiger partial charge in [-0.3, -0.25) is 0 Å². The number of hydrogen-bond acceptors (Lipinski definition) is 6. The fourth-order valence-electron chi connectivity index (χ4n) is 7.35. The van der Waals surface area contributed by atoms with Crippen LogP contribution in [0.4, 0.5) is 0 Å². The van der Waals surface area contributed by atoms with E-state index in [1.807, 2.05) is 45.3 Å². The Morgan fingerprint density at radius 1 is 0.400 bits per heavy atom. The Balaban J connectivity index is 1.09. The summed E-state index contributed by atoms with van der Waals surface area (Å²) in [4.78, 5) is 5.98. The van der Waals surface area contributed by atoms with Gasteiger partial charge < -0.3 is 9.47 Å². The fourth-order valence-corrected chi connectivity index (χ4v) is 11.7. The van der Waals surface area contributed by atoms with E-state index in [-0.39, 0.29) is 0 Å². The molecule has 5 rings (SSSR count). The first-order valence-electron chi connectivity index (χ1n) is 19.9. The molecule has 0 saturated carbocycles.